The summed E-state index contributed by atoms with van der Waals surface area (Å²) in [4.78, 5) is 14.3. The lowest BCUT2D eigenvalue weighted by atomic mass is 10.3. The molecule has 1 aliphatic rings. The van der Waals surface area contributed by atoms with Gasteiger partial charge >= 0.3 is 0 Å². The molecule has 3 heterocycles. The maximum absolute atomic E-state index is 6.38. The zero-order chi connectivity index (χ0) is 20.0. The first-order chi connectivity index (χ1) is 14.2. The molecule has 0 radical (unpaired) electrons. The van der Waals surface area contributed by atoms with E-state index in [2.05, 4.69) is 15.9 Å². The number of aromatic nitrogens is 2. The van der Waals surface area contributed by atoms with E-state index >= 15 is 0 Å². The van der Waals surface area contributed by atoms with Crippen LogP contribution in [0.2, 0.25) is 5.02 Å². The number of methoxy groups -OCH3 is 2. The maximum Gasteiger partial charge on any atom is 0.186 e. The van der Waals surface area contributed by atoms with E-state index in [-0.39, 0.29) is 0 Å². The monoisotopic (exact) mass is 446 g/mol. The molecule has 9 heteroatoms. The molecule has 1 saturated heterocycles. The van der Waals surface area contributed by atoms with Crippen molar-refractivity contribution in [2.45, 2.75) is 0 Å². The van der Waals surface area contributed by atoms with Gasteiger partial charge in [0, 0.05) is 26.2 Å². The fraction of sp³-hybridized carbons (Fsp3) is 0.300. The van der Waals surface area contributed by atoms with Crippen LogP contribution < -0.4 is 19.3 Å². The molecule has 0 aliphatic carbocycles. The Hall–Kier alpha value is -2.29. The molecule has 0 atom stereocenters. The van der Waals surface area contributed by atoms with Crippen molar-refractivity contribution in [3.63, 3.8) is 0 Å². The largest absolute Gasteiger partial charge is 0.494 e. The Balaban J connectivity index is 1.37. The number of para-hydroxylation sites is 1. The van der Waals surface area contributed by atoms with Crippen LogP contribution in [0.3, 0.4) is 0 Å². The Morgan fingerprint density at radius 3 is 2.14 bits per heavy atom. The minimum absolute atomic E-state index is 0.714. The zero-order valence-corrected chi connectivity index (χ0v) is 18.4. The summed E-state index contributed by atoms with van der Waals surface area (Å²) in [6, 6.07) is 9.79. The molecule has 150 valence electrons. The van der Waals surface area contributed by atoms with Crippen LogP contribution in [0.5, 0.6) is 11.5 Å². The SMILES string of the molecule is COc1cccc2sc(N3CCN(c4nc5c(OC)ccc(Cl)c5s4)CC3)nc12. The molecule has 29 heavy (non-hydrogen) atoms. The number of piperazine rings is 1. The molecular weight excluding hydrogens is 428 g/mol. The second-order valence-corrected chi connectivity index (χ2v) is 9.10. The molecule has 6 nitrogen and oxygen atoms in total. The number of ether oxygens (including phenoxy) is 2. The van der Waals surface area contributed by atoms with Gasteiger partial charge in [-0.15, -0.1) is 0 Å². The topological polar surface area (TPSA) is 50.7 Å². The van der Waals surface area contributed by atoms with Crippen LogP contribution in [0.15, 0.2) is 30.3 Å². The third-order valence-electron chi connectivity index (χ3n) is 5.08. The summed E-state index contributed by atoms with van der Waals surface area (Å²) in [7, 11) is 3.35. The molecular formula is C20H19ClN4O2S2. The lowest BCUT2D eigenvalue weighted by Gasteiger charge is -2.34. The third kappa shape index (κ3) is 3.25. The molecule has 0 unspecified atom stereocenters. The average molecular weight is 447 g/mol. The summed E-state index contributed by atoms with van der Waals surface area (Å²) < 4.78 is 13.0. The number of benzene rings is 2. The van der Waals surface area contributed by atoms with Gasteiger partial charge < -0.3 is 19.3 Å². The molecule has 0 N–H and O–H groups in total. The van der Waals surface area contributed by atoms with Crippen molar-refractivity contribution in [2.75, 3.05) is 50.2 Å². The van der Waals surface area contributed by atoms with Gasteiger partial charge in [-0.3, -0.25) is 0 Å². The number of hydrogen-bond donors (Lipinski definition) is 0. The molecule has 0 saturated carbocycles. The Morgan fingerprint density at radius 1 is 0.828 bits per heavy atom. The molecule has 1 fully saturated rings. The highest BCUT2D eigenvalue weighted by Gasteiger charge is 2.23. The summed E-state index contributed by atoms with van der Waals surface area (Å²) in [6.07, 6.45) is 0. The van der Waals surface area contributed by atoms with Gasteiger partial charge in [-0.05, 0) is 24.3 Å². The number of hydrogen-bond acceptors (Lipinski definition) is 8. The number of fused-ring (bicyclic) bond motifs is 2. The van der Waals surface area contributed by atoms with Gasteiger partial charge in [0.15, 0.2) is 10.3 Å². The highest BCUT2D eigenvalue weighted by atomic mass is 35.5. The fourth-order valence-corrected chi connectivity index (χ4v) is 5.88. The number of halogens is 1. The first-order valence-corrected chi connectivity index (χ1v) is 11.3. The van der Waals surface area contributed by atoms with Crippen LogP contribution in [-0.2, 0) is 0 Å². The number of thiazole rings is 2. The highest BCUT2D eigenvalue weighted by molar-refractivity contribution is 7.23. The first kappa shape index (κ1) is 18.7. The van der Waals surface area contributed by atoms with Crippen LogP contribution >= 0.6 is 34.3 Å². The van der Waals surface area contributed by atoms with E-state index in [1.165, 1.54) is 0 Å². The van der Waals surface area contributed by atoms with Crippen LogP contribution in [0, 0.1) is 0 Å². The van der Waals surface area contributed by atoms with E-state index in [9.17, 15) is 0 Å². The summed E-state index contributed by atoms with van der Waals surface area (Å²) in [5, 5.41) is 2.74. The van der Waals surface area contributed by atoms with Crippen molar-refractivity contribution in [1.82, 2.24) is 9.97 Å². The molecule has 2 aromatic heterocycles. The van der Waals surface area contributed by atoms with Crippen LogP contribution in [-0.4, -0.2) is 50.4 Å². The Kier molecular flexibility index (Phi) is 4.85. The van der Waals surface area contributed by atoms with E-state index in [4.69, 9.17) is 31.0 Å². The Labute approximate surface area is 181 Å². The normalized spacial score (nSPS) is 14.7. The average Bonchev–Trinajstić information content (AvgIpc) is 3.39. The molecule has 4 aromatic rings. The van der Waals surface area contributed by atoms with E-state index in [0.717, 1.165) is 68.4 Å². The van der Waals surface area contributed by atoms with E-state index in [0.29, 0.717) is 5.02 Å². The van der Waals surface area contributed by atoms with Gasteiger partial charge in [0.05, 0.1) is 28.6 Å². The van der Waals surface area contributed by atoms with Gasteiger partial charge in [-0.2, -0.15) is 0 Å². The summed E-state index contributed by atoms with van der Waals surface area (Å²) in [5.74, 6) is 1.58. The van der Waals surface area contributed by atoms with E-state index in [1.54, 1.807) is 36.9 Å². The second-order valence-electron chi connectivity index (χ2n) is 6.70. The van der Waals surface area contributed by atoms with Crippen molar-refractivity contribution in [2.24, 2.45) is 0 Å². The summed E-state index contributed by atoms with van der Waals surface area (Å²) in [6.45, 7) is 3.55. The van der Waals surface area contributed by atoms with Gasteiger partial charge in [-0.25, -0.2) is 9.97 Å². The van der Waals surface area contributed by atoms with Crippen molar-refractivity contribution < 1.29 is 9.47 Å². The first-order valence-electron chi connectivity index (χ1n) is 9.24. The zero-order valence-electron chi connectivity index (χ0n) is 16.0. The quantitative estimate of drug-likeness (QED) is 0.444. The van der Waals surface area contributed by atoms with Crippen molar-refractivity contribution >= 4 is 65.0 Å². The Morgan fingerprint density at radius 2 is 1.45 bits per heavy atom. The molecule has 0 amide bonds. The fourth-order valence-electron chi connectivity index (χ4n) is 3.54. The van der Waals surface area contributed by atoms with E-state index < -0.39 is 0 Å². The second kappa shape index (κ2) is 7.51. The summed E-state index contributed by atoms with van der Waals surface area (Å²) in [5.41, 5.74) is 1.77. The molecule has 2 aromatic carbocycles. The van der Waals surface area contributed by atoms with Crippen molar-refractivity contribution in [1.29, 1.82) is 0 Å². The predicted octanol–water partition coefficient (Wildman–Crippen LogP) is 4.90. The molecule has 0 bridgehead atoms. The lowest BCUT2D eigenvalue weighted by Crippen LogP contribution is -2.46. The number of anilines is 2. The minimum Gasteiger partial charge on any atom is -0.494 e. The third-order valence-corrected chi connectivity index (χ3v) is 7.74. The minimum atomic E-state index is 0.714. The maximum atomic E-state index is 6.38. The molecule has 5 rings (SSSR count). The van der Waals surface area contributed by atoms with Crippen molar-refractivity contribution in [3.05, 3.63) is 35.4 Å². The lowest BCUT2D eigenvalue weighted by molar-refractivity contribution is 0.419. The van der Waals surface area contributed by atoms with Crippen molar-refractivity contribution in [3.8, 4) is 11.5 Å². The number of rotatable bonds is 4. The van der Waals surface area contributed by atoms with Gasteiger partial charge in [0.2, 0.25) is 0 Å². The smallest absolute Gasteiger partial charge is 0.186 e. The van der Waals surface area contributed by atoms with Gasteiger partial charge in [-0.1, -0.05) is 40.3 Å². The number of nitrogens with zero attached hydrogens (tertiary/aromatic N) is 4. The molecule has 0 spiro atoms. The van der Waals surface area contributed by atoms with E-state index in [1.807, 2.05) is 24.3 Å². The molecule has 1 aliphatic heterocycles. The highest BCUT2D eigenvalue weighted by Crippen LogP contribution is 2.39. The van der Waals surface area contributed by atoms with Gasteiger partial charge in [0.1, 0.15) is 22.5 Å². The van der Waals surface area contributed by atoms with Crippen LogP contribution in [0.1, 0.15) is 0 Å². The standard InChI is InChI=1S/C20H19ClN4O2S2/c1-26-13-4-3-5-15-16(13)22-19(28-15)24-8-10-25(11-9-24)20-23-17-14(27-2)7-6-12(21)18(17)29-20/h3-7H,8-11H2,1-2H3. The predicted molar refractivity (Wildman–Crippen MR) is 122 cm³/mol. The summed E-state index contributed by atoms with van der Waals surface area (Å²) >= 11 is 9.71. The Bertz CT molecular complexity index is 1180. The van der Waals surface area contributed by atoms with Gasteiger partial charge in [0.25, 0.3) is 0 Å². The van der Waals surface area contributed by atoms with Crippen LogP contribution in [0.4, 0.5) is 10.3 Å². The van der Waals surface area contributed by atoms with Crippen LogP contribution in [0.25, 0.3) is 20.4 Å².